The Morgan fingerprint density at radius 3 is 2.58 bits per heavy atom. The lowest BCUT2D eigenvalue weighted by atomic mass is 10.1. The van der Waals surface area contributed by atoms with Crippen molar-refractivity contribution < 1.29 is 4.39 Å². The van der Waals surface area contributed by atoms with Crippen molar-refractivity contribution in [3.63, 3.8) is 0 Å². The fourth-order valence-corrected chi connectivity index (χ4v) is 2.03. The second kappa shape index (κ2) is 5.36. The van der Waals surface area contributed by atoms with Gasteiger partial charge < -0.3 is 11.1 Å². The van der Waals surface area contributed by atoms with Crippen molar-refractivity contribution in [2.75, 3.05) is 5.32 Å². The number of benzene rings is 2. The lowest BCUT2D eigenvalue weighted by Crippen LogP contribution is -2.12. The van der Waals surface area contributed by atoms with Gasteiger partial charge in [-0.15, -0.1) is 0 Å². The van der Waals surface area contributed by atoms with Gasteiger partial charge in [0.15, 0.2) is 0 Å². The first-order valence-corrected chi connectivity index (χ1v) is 6.32. The van der Waals surface area contributed by atoms with E-state index in [9.17, 15) is 4.39 Å². The van der Waals surface area contributed by atoms with E-state index in [1.807, 2.05) is 31.2 Å². The normalized spacial score (nSPS) is 10.3. The first-order valence-electron chi connectivity index (χ1n) is 5.91. The highest BCUT2D eigenvalue weighted by Gasteiger charge is 2.08. The monoisotopic (exact) mass is 274 g/mol. The van der Waals surface area contributed by atoms with Crippen LogP contribution in [-0.2, 0) is 0 Å². The van der Waals surface area contributed by atoms with Gasteiger partial charge >= 0.3 is 0 Å². The number of thiocarbonyl (C=S) groups is 1. The highest BCUT2D eigenvalue weighted by molar-refractivity contribution is 7.80. The molecular formula is C15H15FN2S. The SMILES string of the molecule is Cc1ccc(Nc2cccc(F)c2C)c(C(N)=S)c1. The largest absolute Gasteiger partial charge is 0.389 e. The van der Waals surface area contributed by atoms with Crippen molar-refractivity contribution in [2.45, 2.75) is 13.8 Å². The number of halogens is 1. The van der Waals surface area contributed by atoms with Crippen LogP contribution < -0.4 is 11.1 Å². The first kappa shape index (κ1) is 13.5. The summed E-state index contributed by atoms with van der Waals surface area (Å²) in [4.78, 5) is 0.320. The van der Waals surface area contributed by atoms with E-state index in [4.69, 9.17) is 18.0 Å². The fraction of sp³-hybridized carbons (Fsp3) is 0.133. The second-order valence-corrected chi connectivity index (χ2v) is 4.89. The highest BCUT2D eigenvalue weighted by atomic mass is 32.1. The van der Waals surface area contributed by atoms with Crippen LogP contribution in [0.2, 0.25) is 0 Å². The molecule has 3 N–H and O–H groups in total. The van der Waals surface area contributed by atoms with Gasteiger partial charge in [0.05, 0.1) is 0 Å². The van der Waals surface area contributed by atoms with Gasteiger partial charge in [-0.05, 0) is 38.1 Å². The molecule has 0 unspecified atom stereocenters. The van der Waals surface area contributed by atoms with Crippen molar-refractivity contribution in [2.24, 2.45) is 5.73 Å². The lowest BCUT2D eigenvalue weighted by molar-refractivity contribution is 0.619. The maximum absolute atomic E-state index is 13.5. The zero-order valence-electron chi connectivity index (χ0n) is 10.8. The predicted molar refractivity (Wildman–Crippen MR) is 81.5 cm³/mol. The Labute approximate surface area is 117 Å². The summed E-state index contributed by atoms with van der Waals surface area (Å²) in [5.74, 6) is -0.242. The molecule has 19 heavy (non-hydrogen) atoms. The molecule has 4 heteroatoms. The van der Waals surface area contributed by atoms with Crippen LogP contribution in [0.25, 0.3) is 0 Å². The van der Waals surface area contributed by atoms with Crippen LogP contribution in [-0.4, -0.2) is 4.99 Å². The first-order chi connectivity index (χ1) is 8.99. The van der Waals surface area contributed by atoms with Crippen LogP contribution in [0.4, 0.5) is 15.8 Å². The van der Waals surface area contributed by atoms with Gasteiger partial charge in [-0.25, -0.2) is 4.39 Å². The second-order valence-electron chi connectivity index (χ2n) is 4.45. The van der Waals surface area contributed by atoms with E-state index in [1.54, 1.807) is 13.0 Å². The summed E-state index contributed by atoms with van der Waals surface area (Å²) in [6.07, 6.45) is 0. The van der Waals surface area contributed by atoms with E-state index < -0.39 is 0 Å². The van der Waals surface area contributed by atoms with Crippen molar-refractivity contribution in [3.8, 4) is 0 Å². The minimum Gasteiger partial charge on any atom is -0.389 e. The molecule has 0 aromatic heterocycles. The van der Waals surface area contributed by atoms with Gasteiger partial charge in [-0.3, -0.25) is 0 Å². The van der Waals surface area contributed by atoms with Crippen molar-refractivity contribution in [3.05, 3.63) is 58.9 Å². The summed E-state index contributed by atoms with van der Waals surface area (Å²) in [5.41, 5.74) is 9.62. The third-order valence-corrected chi connectivity index (χ3v) is 3.20. The summed E-state index contributed by atoms with van der Waals surface area (Å²) in [6.45, 7) is 3.70. The van der Waals surface area contributed by atoms with E-state index in [1.165, 1.54) is 6.07 Å². The summed E-state index contributed by atoms with van der Waals surface area (Å²) >= 11 is 5.05. The van der Waals surface area contributed by atoms with Crippen LogP contribution in [0.1, 0.15) is 16.7 Å². The maximum atomic E-state index is 13.5. The van der Waals surface area contributed by atoms with Crippen LogP contribution in [0.5, 0.6) is 0 Å². The molecule has 0 saturated heterocycles. The Hall–Kier alpha value is -1.94. The third kappa shape index (κ3) is 2.90. The van der Waals surface area contributed by atoms with Crippen LogP contribution in [0.15, 0.2) is 36.4 Å². The number of hydrogen-bond acceptors (Lipinski definition) is 2. The zero-order chi connectivity index (χ0) is 14.0. The van der Waals surface area contributed by atoms with E-state index >= 15 is 0 Å². The van der Waals surface area contributed by atoms with E-state index in [0.717, 1.165) is 16.8 Å². The van der Waals surface area contributed by atoms with Crippen LogP contribution in [0, 0.1) is 19.7 Å². The van der Waals surface area contributed by atoms with Crippen LogP contribution >= 0.6 is 12.2 Å². The molecule has 2 aromatic rings. The number of nitrogens with one attached hydrogen (secondary N) is 1. The number of nitrogens with two attached hydrogens (primary N) is 1. The molecule has 0 heterocycles. The summed E-state index contributed by atoms with van der Waals surface area (Å²) in [5, 5.41) is 3.18. The zero-order valence-corrected chi connectivity index (χ0v) is 11.6. The van der Waals surface area contributed by atoms with E-state index in [-0.39, 0.29) is 5.82 Å². The van der Waals surface area contributed by atoms with Crippen molar-refractivity contribution in [1.29, 1.82) is 0 Å². The maximum Gasteiger partial charge on any atom is 0.128 e. The molecule has 0 aliphatic carbocycles. The molecule has 0 atom stereocenters. The van der Waals surface area contributed by atoms with E-state index in [2.05, 4.69) is 5.32 Å². The number of anilines is 2. The average molecular weight is 274 g/mol. The summed E-state index contributed by atoms with van der Waals surface area (Å²) in [6, 6.07) is 10.7. The number of hydrogen-bond donors (Lipinski definition) is 2. The molecule has 0 amide bonds. The smallest absolute Gasteiger partial charge is 0.128 e. The molecule has 0 aliphatic rings. The van der Waals surface area contributed by atoms with Crippen LogP contribution in [0.3, 0.4) is 0 Å². The Morgan fingerprint density at radius 2 is 1.89 bits per heavy atom. The Bertz CT molecular complexity index is 638. The van der Waals surface area contributed by atoms with Gasteiger partial charge in [0, 0.05) is 22.5 Å². The molecule has 0 fully saturated rings. The molecule has 2 aromatic carbocycles. The molecule has 0 radical (unpaired) electrons. The molecule has 98 valence electrons. The predicted octanol–water partition coefficient (Wildman–Crippen LogP) is 3.82. The molecule has 0 saturated carbocycles. The minimum atomic E-state index is -0.242. The molecule has 2 nitrogen and oxygen atoms in total. The molecule has 0 spiro atoms. The Morgan fingerprint density at radius 1 is 1.16 bits per heavy atom. The summed E-state index contributed by atoms with van der Waals surface area (Å²) in [7, 11) is 0. The quantitative estimate of drug-likeness (QED) is 0.836. The van der Waals surface area contributed by atoms with Gasteiger partial charge in [0.25, 0.3) is 0 Å². The van der Waals surface area contributed by atoms with Gasteiger partial charge in [-0.2, -0.15) is 0 Å². The minimum absolute atomic E-state index is 0.242. The molecule has 0 bridgehead atoms. The lowest BCUT2D eigenvalue weighted by Gasteiger charge is -2.14. The summed E-state index contributed by atoms with van der Waals surface area (Å²) < 4.78 is 13.5. The van der Waals surface area contributed by atoms with Crippen molar-refractivity contribution >= 4 is 28.6 Å². The standard InChI is InChI=1S/C15H15FN2S/c1-9-6-7-14(11(8-9)15(17)19)18-13-5-3-4-12(16)10(13)2/h3-8,18H,1-2H3,(H2,17,19). The molecule has 2 rings (SSSR count). The molecular weight excluding hydrogens is 259 g/mol. The Kier molecular flexibility index (Phi) is 3.81. The third-order valence-electron chi connectivity index (χ3n) is 2.98. The van der Waals surface area contributed by atoms with Gasteiger partial charge in [0.2, 0.25) is 0 Å². The van der Waals surface area contributed by atoms with E-state index in [0.29, 0.717) is 16.2 Å². The van der Waals surface area contributed by atoms with Gasteiger partial charge in [0.1, 0.15) is 10.8 Å². The molecule has 0 aliphatic heterocycles. The highest BCUT2D eigenvalue weighted by Crippen LogP contribution is 2.25. The topological polar surface area (TPSA) is 38.0 Å². The Balaban J connectivity index is 2.44. The average Bonchev–Trinajstić information content (AvgIpc) is 2.36. The number of aryl methyl sites for hydroxylation is 1. The van der Waals surface area contributed by atoms with Gasteiger partial charge in [-0.1, -0.05) is 29.9 Å². The number of rotatable bonds is 3. The van der Waals surface area contributed by atoms with Crippen molar-refractivity contribution in [1.82, 2.24) is 0 Å². The fourth-order valence-electron chi connectivity index (χ4n) is 1.86.